The van der Waals surface area contributed by atoms with Crippen LogP contribution in [0.15, 0.2) is 140 Å². The number of hydrogen-bond donors (Lipinski definition) is 2. The summed E-state index contributed by atoms with van der Waals surface area (Å²) in [6.45, 7) is 0. The fraction of sp³-hybridized carbons (Fsp3) is 0. The van der Waals surface area contributed by atoms with Crippen LogP contribution in [0.3, 0.4) is 0 Å². The maximum Gasteiger partial charge on any atom is 0.238 e. The van der Waals surface area contributed by atoms with Crippen LogP contribution in [0.5, 0.6) is 0 Å². The first-order valence-corrected chi connectivity index (χ1v) is 15.5. The Bertz CT molecular complexity index is 2540. The summed E-state index contributed by atoms with van der Waals surface area (Å²) in [7, 11) is 0. The Kier molecular flexibility index (Phi) is 6.01. The van der Waals surface area contributed by atoms with Gasteiger partial charge in [0.25, 0.3) is 0 Å². The second kappa shape index (κ2) is 10.5. The van der Waals surface area contributed by atoms with Crippen molar-refractivity contribution < 1.29 is 0 Å². The molecule has 0 saturated heterocycles. The van der Waals surface area contributed by atoms with Crippen LogP contribution < -0.4 is 0 Å². The molecule has 1 aliphatic carbocycles. The fourth-order valence-electron chi connectivity index (χ4n) is 6.59. The van der Waals surface area contributed by atoms with E-state index in [1.54, 1.807) is 6.08 Å². The van der Waals surface area contributed by atoms with E-state index in [4.69, 9.17) is 25.8 Å². The summed E-state index contributed by atoms with van der Waals surface area (Å²) >= 11 is 0. The van der Waals surface area contributed by atoms with Crippen LogP contribution in [0.4, 0.5) is 0 Å². The summed E-state index contributed by atoms with van der Waals surface area (Å²) in [5, 5.41) is 21.2. The van der Waals surface area contributed by atoms with Gasteiger partial charge in [-0.15, -0.1) is 0 Å². The molecule has 9 rings (SSSR count). The Hall–Kier alpha value is -6.53. The second-order valence-electron chi connectivity index (χ2n) is 11.7. The Morgan fingerprint density at radius 3 is 1.77 bits per heavy atom. The predicted molar refractivity (Wildman–Crippen MR) is 192 cm³/mol. The van der Waals surface area contributed by atoms with E-state index in [0.717, 1.165) is 66.0 Å². The van der Waals surface area contributed by atoms with Gasteiger partial charge in [-0.1, -0.05) is 121 Å². The Morgan fingerprint density at radius 2 is 1.04 bits per heavy atom. The van der Waals surface area contributed by atoms with Gasteiger partial charge in [0, 0.05) is 27.5 Å². The van der Waals surface area contributed by atoms with Crippen LogP contribution >= 0.6 is 0 Å². The van der Waals surface area contributed by atoms with Gasteiger partial charge in [-0.2, -0.15) is 9.97 Å². The highest BCUT2D eigenvalue weighted by atomic mass is 15.2. The summed E-state index contributed by atoms with van der Waals surface area (Å²) in [5.74, 6) is 1.63. The number of benzene rings is 6. The molecule has 2 heterocycles. The quantitative estimate of drug-likeness (QED) is 0.210. The molecule has 8 aromatic rings. The van der Waals surface area contributed by atoms with E-state index in [2.05, 4.69) is 83.4 Å². The summed E-state index contributed by atoms with van der Waals surface area (Å²) in [4.78, 5) is 15.3. The van der Waals surface area contributed by atoms with Crippen molar-refractivity contribution in [2.45, 2.75) is 0 Å². The maximum atomic E-state index is 8.72. The normalized spacial score (nSPS) is 12.7. The van der Waals surface area contributed by atoms with Gasteiger partial charge in [0.05, 0.1) is 22.5 Å². The first-order chi connectivity index (χ1) is 23.1. The largest absolute Gasteiger partial charge is 0.299 e. The van der Waals surface area contributed by atoms with Gasteiger partial charge in [-0.05, 0) is 51.7 Å². The number of para-hydroxylation sites is 2. The van der Waals surface area contributed by atoms with Crippen molar-refractivity contribution in [2.24, 2.45) is 0 Å². The van der Waals surface area contributed by atoms with Gasteiger partial charge in [-0.3, -0.25) is 15.4 Å². The number of hydrogen-bond acceptors (Lipinski definition) is 5. The lowest BCUT2D eigenvalue weighted by Gasteiger charge is -2.16. The molecule has 0 bridgehead atoms. The first kappa shape index (κ1) is 26.8. The van der Waals surface area contributed by atoms with Crippen molar-refractivity contribution in [1.29, 1.82) is 10.8 Å². The van der Waals surface area contributed by atoms with Gasteiger partial charge < -0.3 is 0 Å². The zero-order valence-corrected chi connectivity index (χ0v) is 25.1. The molecule has 0 saturated carbocycles. The highest BCUT2D eigenvalue weighted by molar-refractivity contribution is 6.53. The molecule has 2 N–H and O–H groups in total. The van der Waals surface area contributed by atoms with Gasteiger partial charge in [0.15, 0.2) is 11.6 Å². The predicted octanol–water partition coefficient (Wildman–Crippen LogP) is 9.54. The summed E-state index contributed by atoms with van der Waals surface area (Å²) in [6, 6.07) is 45.5. The molecule has 220 valence electrons. The van der Waals surface area contributed by atoms with Crippen LogP contribution in [0.2, 0.25) is 0 Å². The summed E-state index contributed by atoms with van der Waals surface area (Å²) in [6.07, 6.45) is 3.59. The molecule has 2 aromatic heterocycles. The van der Waals surface area contributed by atoms with Crippen LogP contribution in [0.25, 0.3) is 78.5 Å². The number of allylic oxidation sites excluding steroid dienone is 1. The Balaban J connectivity index is 1.28. The van der Waals surface area contributed by atoms with Crippen molar-refractivity contribution in [3.8, 4) is 39.9 Å². The third-order valence-corrected chi connectivity index (χ3v) is 8.91. The maximum absolute atomic E-state index is 8.72. The molecule has 6 nitrogen and oxygen atoms in total. The lowest BCUT2D eigenvalue weighted by atomic mass is 9.89. The van der Waals surface area contributed by atoms with Crippen LogP contribution in [0.1, 0.15) is 11.1 Å². The lowest BCUT2D eigenvalue weighted by Crippen LogP contribution is -2.16. The van der Waals surface area contributed by atoms with Crippen molar-refractivity contribution in [1.82, 2.24) is 19.5 Å². The van der Waals surface area contributed by atoms with Crippen molar-refractivity contribution in [2.75, 3.05) is 0 Å². The minimum Gasteiger partial charge on any atom is -0.299 e. The molecule has 0 spiro atoms. The number of rotatable bonds is 4. The van der Waals surface area contributed by atoms with E-state index in [-0.39, 0.29) is 11.4 Å². The van der Waals surface area contributed by atoms with Crippen LogP contribution in [-0.4, -0.2) is 30.9 Å². The molecule has 0 fully saturated rings. The van der Waals surface area contributed by atoms with E-state index in [9.17, 15) is 0 Å². The van der Waals surface area contributed by atoms with E-state index in [1.807, 2.05) is 60.7 Å². The summed E-state index contributed by atoms with van der Waals surface area (Å²) < 4.78 is 2.11. The van der Waals surface area contributed by atoms with E-state index >= 15 is 0 Å². The van der Waals surface area contributed by atoms with Gasteiger partial charge >= 0.3 is 0 Å². The van der Waals surface area contributed by atoms with Crippen LogP contribution in [-0.2, 0) is 0 Å². The monoisotopic (exact) mass is 602 g/mol. The zero-order valence-electron chi connectivity index (χ0n) is 25.1. The standard InChI is InChI=1S/C41H26N6/c42-34-23-22-28-18-16-27-17-21-30(24-33(27)37(28)38(34)43)40-44-39(29-19-14-26(15-20-29)25-8-2-1-3-9-25)45-41(46-40)47-35-12-6-4-10-31(35)32-11-5-7-13-36(32)47/h1-24,42-43H. The third-order valence-electron chi connectivity index (χ3n) is 8.91. The molecule has 0 amide bonds. The second-order valence-corrected chi connectivity index (χ2v) is 11.7. The molecule has 0 radical (unpaired) electrons. The average Bonchev–Trinajstić information content (AvgIpc) is 3.47. The van der Waals surface area contributed by atoms with E-state index in [1.165, 1.54) is 0 Å². The van der Waals surface area contributed by atoms with E-state index in [0.29, 0.717) is 17.6 Å². The SMILES string of the molecule is N=C1C=Cc2ccc3ccc(-c4nc(-c5ccc(-c6ccccc6)cc5)nc(-n5c6ccccc6c6ccccc65)n4)cc3c2C1=N. The lowest BCUT2D eigenvalue weighted by molar-refractivity contribution is 0.953. The molecular weight excluding hydrogens is 576 g/mol. The Labute approximate surface area is 270 Å². The number of fused-ring (bicyclic) bond motifs is 6. The highest BCUT2D eigenvalue weighted by Gasteiger charge is 2.20. The first-order valence-electron chi connectivity index (χ1n) is 15.5. The van der Waals surface area contributed by atoms with Crippen molar-refractivity contribution in [3.05, 3.63) is 151 Å². The van der Waals surface area contributed by atoms with Crippen LogP contribution in [0, 0.1) is 10.8 Å². The number of nitrogens with one attached hydrogen (secondary N) is 2. The molecular formula is C41H26N6. The molecule has 0 atom stereocenters. The van der Waals surface area contributed by atoms with Crippen molar-refractivity contribution >= 4 is 50.1 Å². The summed E-state index contributed by atoms with van der Waals surface area (Å²) in [5.41, 5.74) is 8.09. The van der Waals surface area contributed by atoms with Crippen molar-refractivity contribution in [3.63, 3.8) is 0 Å². The fourth-order valence-corrected chi connectivity index (χ4v) is 6.59. The van der Waals surface area contributed by atoms with Gasteiger partial charge in [0.2, 0.25) is 5.95 Å². The topological polar surface area (TPSA) is 91.3 Å². The molecule has 47 heavy (non-hydrogen) atoms. The molecule has 6 heteroatoms. The molecule has 1 aliphatic rings. The molecule has 0 unspecified atom stereocenters. The third kappa shape index (κ3) is 4.38. The number of aromatic nitrogens is 4. The minimum absolute atomic E-state index is 0.199. The Morgan fingerprint density at radius 1 is 0.468 bits per heavy atom. The van der Waals surface area contributed by atoms with E-state index < -0.39 is 0 Å². The average molecular weight is 603 g/mol. The zero-order chi connectivity index (χ0) is 31.5. The van der Waals surface area contributed by atoms with Gasteiger partial charge in [0.1, 0.15) is 0 Å². The minimum atomic E-state index is 0.199. The van der Waals surface area contributed by atoms with Gasteiger partial charge in [-0.25, -0.2) is 4.98 Å². The molecule has 0 aliphatic heterocycles. The molecule has 6 aromatic carbocycles. The highest BCUT2D eigenvalue weighted by Crippen LogP contribution is 2.34. The smallest absolute Gasteiger partial charge is 0.238 e. The number of nitrogens with zero attached hydrogens (tertiary/aromatic N) is 4.